The minimum Gasteiger partial charge on any atom is -0.382 e. The zero-order valence-corrected chi connectivity index (χ0v) is 11.8. The van der Waals surface area contributed by atoms with Crippen molar-refractivity contribution < 1.29 is 9.63 Å². The van der Waals surface area contributed by atoms with Crippen LogP contribution in [0.2, 0.25) is 0 Å². The van der Waals surface area contributed by atoms with Gasteiger partial charge < -0.3 is 9.63 Å². The minimum atomic E-state index is -0.882. The molecule has 0 spiro atoms. The lowest BCUT2D eigenvalue weighted by atomic mass is 10.1. The maximum absolute atomic E-state index is 10.3. The van der Waals surface area contributed by atoms with Crippen LogP contribution in [0.15, 0.2) is 47.3 Å². The van der Waals surface area contributed by atoms with Gasteiger partial charge >= 0.3 is 0 Å². The molecule has 0 radical (unpaired) electrons. The molecule has 0 aliphatic heterocycles. The van der Waals surface area contributed by atoms with E-state index < -0.39 is 6.10 Å². The van der Waals surface area contributed by atoms with Gasteiger partial charge in [-0.2, -0.15) is 0 Å². The highest BCUT2D eigenvalue weighted by atomic mass is 16.5. The smallest absolute Gasteiger partial charge is 0.130 e. The maximum atomic E-state index is 10.3. The summed E-state index contributed by atoms with van der Waals surface area (Å²) in [5, 5.41) is 22.2. The summed E-state index contributed by atoms with van der Waals surface area (Å²) < 4.78 is 6.58. The summed E-state index contributed by atoms with van der Waals surface area (Å²) in [7, 11) is 0. The molecule has 6 nitrogen and oxygen atoms in total. The van der Waals surface area contributed by atoms with Crippen LogP contribution in [0.5, 0.6) is 0 Å². The SMILES string of the molecule is Cc1nocc1C(O)c1cn(C(C)c2ccccc2)nn1. The number of aromatic nitrogens is 4. The molecule has 108 valence electrons. The zero-order valence-electron chi connectivity index (χ0n) is 11.8. The quantitative estimate of drug-likeness (QED) is 0.795. The van der Waals surface area contributed by atoms with Crippen molar-refractivity contribution in [2.75, 3.05) is 0 Å². The molecule has 21 heavy (non-hydrogen) atoms. The van der Waals surface area contributed by atoms with E-state index in [4.69, 9.17) is 4.52 Å². The van der Waals surface area contributed by atoms with Gasteiger partial charge in [0.15, 0.2) is 0 Å². The number of hydrogen-bond donors (Lipinski definition) is 1. The first-order valence-corrected chi connectivity index (χ1v) is 6.72. The molecule has 1 aromatic carbocycles. The number of aliphatic hydroxyl groups excluding tert-OH is 1. The predicted molar refractivity (Wildman–Crippen MR) is 75.6 cm³/mol. The van der Waals surface area contributed by atoms with E-state index in [0.29, 0.717) is 17.0 Å². The van der Waals surface area contributed by atoms with Gasteiger partial charge in [0.25, 0.3) is 0 Å². The Bertz CT molecular complexity index is 720. The summed E-state index contributed by atoms with van der Waals surface area (Å²) in [6.07, 6.45) is 2.29. The second kappa shape index (κ2) is 5.49. The summed E-state index contributed by atoms with van der Waals surface area (Å²) in [6, 6.07) is 10.1. The normalized spacial score (nSPS) is 14.0. The van der Waals surface area contributed by atoms with Crippen LogP contribution in [0.25, 0.3) is 0 Å². The molecule has 2 heterocycles. The molecule has 0 fully saturated rings. The Hall–Kier alpha value is -2.47. The molecule has 0 amide bonds. The van der Waals surface area contributed by atoms with Crippen LogP contribution in [0, 0.1) is 6.92 Å². The van der Waals surface area contributed by atoms with Gasteiger partial charge in [-0.25, -0.2) is 4.68 Å². The Morgan fingerprint density at radius 2 is 2.00 bits per heavy atom. The van der Waals surface area contributed by atoms with Crippen molar-refractivity contribution in [1.29, 1.82) is 0 Å². The molecule has 1 N–H and O–H groups in total. The Balaban J connectivity index is 1.85. The van der Waals surface area contributed by atoms with Crippen molar-refractivity contribution in [3.05, 3.63) is 65.3 Å². The topological polar surface area (TPSA) is 77.0 Å². The van der Waals surface area contributed by atoms with Crippen LogP contribution < -0.4 is 0 Å². The van der Waals surface area contributed by atoms with Crippen LogP contribution in [0.1, 0.15) is 41.6 Å². The third-order valence-corrected chi connectivity index (χ3v) is 3.57. The number of aryl methyl sites for hydroxylation is 1. The molecule has 0 aliphatic carbocycles. The number of nitrogens with zero attached hydrogens (tertiary/aromatic N) is 4. The standard InChI is InChI=1S/C15H16N4O2/c1-10-13(9-21-17-10)15(20)14-8-19(18-16-14)11(2)12-6-4-3-5-7-12/h3-9,11,15,20H,1-2H3. The molecule has 0 aliphatic rings. The van der Waals surface area contributed by atoms with Crippen molar-refractivity contribution >= 4 is 0 Å². The third kappa shape index (κ3) is 2.57. The van der Waals surface area contributed by atoms with E-state index in [1.165, 1.54) is 6.26 Å². The molecule has 2 atom stereocenters. The minimum absolute atomic E-state index is 0.0446. The van der Waals surface area contributed by atoms with Crippen molar-refractivity contribution in [1.82, 2.24) is 20.2 Å². The lowest BCUT2D eigenvalue weighted by Crippen LogP contribution is -2.07. The van der Waals surface area contributed by atoms with Crippen LogP contribution in [-0.2, 0) is 0 Å². The van der Waals surface area contributed by atoms with Crippen molar-refractivity contribution in [3.8, 4) is 0 Å². The fourth-order valence-electron chi connectivity index (χ4n) is 2.21. The predicted octanol–water partition coefficient (Wildman–Crippen LogP) is 2.27. The van der Waals surface area contributed by atoms with E-state index >= 15 is 0 Å². The van der Waals surface area contributed by atoms with Crippen LogP contribution >= 0.6 is 0 Å². The molecule has 2 aromatic heterocycles. The number of benzene rings is 1. The number of rotatable bonds is 4. The molecule has 2 unspecified atom stereocenters. The Morgan fingerprint density at radius 1 is 1.24 bits per heavy atom. The number of aliphatic hydroxyl groups is 1. The van der Waals surface area contributed by atoms with Gasteiger partial charge in [0, 0.05) is 5.56 Å². The summed E-state index contributed by atoms with van der Waals surface area (Å²) in [5.74, 6) is 0. The van der Waals surface area contributed by atoms with Crippen molar-refractivity contribution in [2.45, 2.75) is 26.0 Å². The van der Waals surface area contributed by atoms with E-state index in [9.17, 15) is 5.11 Å². The van der Waals surface area contributed by atoms with Gasteiger partial charge in [0.1, 0.15) is 18.1 Å². The lowest BCUT2D eigenvalue weighted by molar-refractivity contribution is 0.213. The summed E-state index contributed by atoms with van der Waals surface area (Å²) in [6.45, 7) is 3.81. The molecule has 0 saturated carbocycles. The average Bonchev–Trinajstić information content (AvgIpc) is 3.16. The maximum Gasteiger partial charge on any atom is 0.130 e. The zero-order chi connectivity index (χ0) is 14.8. The summed E-state index contributed by atoms with van der Waals surface area (Å²) in [4.78, 5) is 0. The number of hydrogen-bond acceptors (Lipinski definition) is 5. The van der Waals surface area contributed by atoms with Crippen molar-refractivity contribution in [2.24, 2.45) is 0 Å². The lowest BCUT2D eigenvalue weighted by Gasteiger charge is -2.11. The highest BCUT2D eigenvalue weighted by molar-refractivity contribution is 5.24. The van der Waals surface area contributed by atoms with Crippen LogP contribution in [0.3, 0.4) is 0 Å². The van der Waals surface area contributed by atoms with Crippen LogP contribution in [-0.4, -0.2) is 25.3 Å². The van der Waals surface area contributed by atoms with Gasteiger partial charge in [-0.05, 0) is 19.4 Å². The molecule has 0 bridgehead atoms. The fraction of sp³-hybridized carbons (Fsp3) is 0.267. The largest absolute Gasteiger partial charge is 0.382 e. The second-order valence-electron chi connectivity index (χ2n) is 4.97. The van der Waals surface area contributed by atoms with E-state index in [1.54, 1.807) is 17.8 Å². The molecule has 6 heteroatoms. The molecular weight excluding hydrogens is 268 g/mol. The highest BCUT2D eigenvalue weighted by Crippen LogP contribution is 2.24. The Morgan fingerprint density at radius 3 is 2.67 bits per heavy atom. The summed E-state index contributed by atoms with van der Waals surface area (Å²) in [5.41, 5.74) is 2.86. The highest BCUT2D eigenvalue weighted by Gasteiger charge is 2.20. The first-order chi connectivity index (χ1) is 10.2. The van der Waals surface area contributed by atoms with E-state index in [1.807, 2.05) is 37.3 Å². The van der Waals surface area contributed by atoms with Crippen LogP contribution in [0.4, 0.5) is 0 Å². The fourth-order valence-corrected chi connectivity index (χ4v) is 2.21. The average molecular weight is 284 g/mol. The first-order valence-electron chi connectivity index (χ1n) is 6.72. The molecule has 3 rings (SSSR count). The molecule has 0 saturated heterocycles. The Labute approximate surface area is 122 Å². The molecule has 3 aromatic rings. The van der Waals surface area contributed by atoms with Gasteiger partial charge in [-0.3, -0.25) is 0 Å². The van der Waals surface area contributed by atoms with Gasteiger partial charge in [-0.1, -0.05) is 40.7 Å². The summed E-state index contributed by atoms with van der Waals surface area (Å²) >= 11 is 0. The first kappa shape index (κ1) is 13.5. The van der Waals surface area contributed by atoms with Gasteiger partial charge in [0.2, 0.25) is 0 Å². The van der Waals surface area contributed by atoms with E-state index in [-0.39, 0.29) is 6.04 Å². The van der Waals surface area contributed by atoms with Gasteiger partial charge in [0.05, 0.1) is 17.9 Å². The van der Waals surface area contributed by atoms with Crippen molar-refractivity contribution in [3.63, 3.8) is 0 Å². The monoisotopic (exact) mass is 284 g/mol. The second-order valence-corrected chi connectivity index (χ2v) is 4.97. The Kier molecular flexibility index (Phi) is 3.53. The van der Waals surface area contributed by atoms with E-state index in [2.05, 4.69) is 15.5 Å². The molecular formula is C15H16N4O2. The third-order valence-electron chi connectivity index (χ3n) is 3.57. The van der Waals surface area contributed by atoms with Gasteiger partial charge in [-0.15, -0.1) is 5.10 Å². The van der Waals surface area contributed by atoms with E-state index in [0.717, 1.165) is 5.56 Å².